The lowest BCUT2D eigenvalue weighted by Gasteiger charge is -2.17. The van der Waals surface area contributed by atoms with Crippen LogP contribution in [-0.4, -0.2) is 17.0 Å². The number of nitrogen functional groups attached to an aromatic ring is 1. The molecule has 5 nitrogen and oxygen atoms in total. The van der Waals surface area contributed by atoms with E-state index in [4.69, 9.17) is 10.2 Å². The molecule has 19 heavy (non-hydrogen) atoms. The van der Waals surface area contributed by atoms with Crippen molar-refractivity contribution in [2.24, 2.45) is 0 Å². The predicted octanol–water partition coefficient (Wildman–Crippen LogP) is 2.47. The van der Waals surface area contributed by atoms with Crippen molar-refractivity contribution in [3.05, 3.63) is 35.5 Å². The molecule has 2 N–H and O–H groups in total. The maximum Gasteiger partial charge on any atom is 0.136 e. The molecule has 1 saturated carbocycles. The van der Waals surface area contributed by atoms with Gasteiger partial charge in [-0.15, -0.1) is 0 Å². The van der Waals surface area contributed by atoms with Crippen molar-refractivity contribution in [1.82, 2.24) is 9.97 Å². The lowest BCUT2D eigenvalue weighted by atomic mass is 10.3. The first-order valence-corrected chi connectivity index (χ1v) is 6.53. The van der Waals surface area contributed by atoms with Crippen LogP contribution in [0.5, 0.6) is 0 Å². The molecule has 1 fully saturated rings. The summed E-state index contributed by atoms with van der Waals surface area (Å²) in [5, 5.41) is 0. The molecule has 0 amide bonds. The number of hydrogen-bond acceptors (Lipinski definition) is 5. The Morgan fingerprint density at radius 2 is 2.16 bits per heavy atom. The lowest BCUT2D eigenvalue weighted by molar-refractivity contribution is 0.481. The van der Waals surface area contributed by atoms with E-state index >= 15 is 0 Å². The number of anilines is 2. The third-order valence-corrected chi connectivity index (χ3v) is 3.27. The summed E-state index contributed by atoms with van der Waals surface area (Å²) in [6.45, 7) is 2.62. The van der Waals surface area contributed by atoms with E-state index in [9.17, 15) is 0 Å². The van der Waals surface area contributed by atoms with Crippen LogP contribution < -0.4 is 10.6 Å². The standard InChI is InChI=1S/C14H18N4O/c1-9-3-6-11(19-9)8-18(2)13-7-12(15)16-14(17-13)10-4-5-10/h3,6-7,10H,4-5,8H2,1-2H3,(H2,15,16,17). The summed E-state index contributed by atoms with van der Waals surface area (Å²) in [4.78, 5) is 10.9. The highest BCUT2D eigenvalue weighted by molar-refractivity contribution is 5.47. The molecule has 0 atom stereocenters. The molecule has 2 heterocycles. The monoisotopic (exact) mass is 258 g/mol. The molecule has 0 aliphatic heterocycles. The van der Waals surface area contributed by atoms with Gasteiger partial charge in [-0.05, 0) is 31.9 Å². The molecule has 5 heteroatoms. The average molecular weight is 258 g/mol. The maximum absolute atomic E-state index is 5.86. The minimum atomic E-state index is 0.501. The summed E-state index contributed by atoms with van der Waals surface area (Å²) in [5.74, 6) is 4.60. The zero-order chi connectivity index (χ0) is 13.4. The lowest BCUT2D eigenvalue weighted by Crippen LogP contribution is -2.18. The number of hydrogen-bond donors (Lipinski definition) is 1. The summed E-state index contributed by atoms with van der Waals surface area (Å²) >= 11 is 0. The molecule has 0 bridgehead atoms. The van der Waals surface area contributed by atoms with Gasteiger partial charge in [0.15, 0.2) is 0 Å². The Morgan fingerprint density at radius 1 is 1.37 bits per heavy atom. The van der Waals surface area contributed by atoms with Gasteiger partial charge in [0.1, 0.15) is 29.0 Å². The molecule has 1 aliphatic rings. The zero-order valence-electron chi connectivity index (χ0n) is 11.3. The van der Waals surface area contributed by atoms with Crippen molar-refractivity contribution in [1.29, 1.82) is 0 Å². The highest BCUT2D eigenvalue weighted by atomic mass is 16.3. The van der Waals surface area contributed by atoms with Gasteiger partial charge in [-0.2, -0.15) is 0 Å². The van der Waals surface area contributed by atoms with Gasteiger partial charge in [0.25, 0.3) is 0 Å². The van der Waals surface area contributed by atoms with Crippen LogP contribution in [0.25, 0.3) is 0 Å². The number of aryl methyl sites for hydroxylation is 1. The first-order valence-electron chi connectivity index (χ1n) is 6.53. The summed E-state index contributed by atoms with van der Waals surface area (Å²) in [6, 6.07) is 5.76. The molecule has 0 unspecified atom stereocenters. The zero-order valence-corrected chi connectivity index (χ0v) is 11.3. The van der Waals surface area contributed by atoms with Crippen LogP contribution in [0.15, 0.2) is 22.6 Å². The number of nitrogens with zero attached hydrogens (tertiary/aromatic N) is 3. The molecule has 2 aromatic rings. The number of aromatic nitrogens is 2. The molecular weight excluding hydrogens is 240 g/mol. The van der Waals surface area contributed by atoms with Crippen LogP contribution in [0.4, 0.5) is 11.6 Å². The molecular formula is C14H18N4O. The van der Waals surface area contributed by atoms with E-state index in [2.05, 4.69) is 9.97 Å². The van der Waals surface area contributed by atoms with Crippen molar-refractivity contribution in [2.75, 3.05) is 17.7 Å². The van der Waals surface area contributed by atoms with Gasteiger partial charge in [0.2, 0.25) is 0 Å². The van der Waals surface area contributed by atoms with Gasteiger partial charge >= 0.3 is 0 Å². The van der Waals surface area contributed by atoms with E-state index in [0.717, 1.165) is 23.2 Å². The Labute approximate surface area is 112 Å². The molecule has 1 aliphatic carbocycles. The van der Waals surface area contributed by atoms with Crippen LogP contribution in [0.1, 0.15) is 36.1 Å². The number of nitrogens with two attached hydrogens (primary N) is 1. The van der Waals surface area contributed by atoms with E-state index in [1.807, 2.05) is 37.1 Å². The third-order valence-electron chi connectivity index (χ3n) is 3.27. The maximum atomic E-state index is 5.86. The SMILES string of the molecule is Cc1ccc(CN(C)c2cc(N)nc(C3CC3)n2)o1. The Kier molecular flexibility index (Phi) is 2.89. The van der Waals surface area contributed by atoms with Crippen LogP contribution in [0.2, 0.25) is 0 Å². The minimum Gasteiger partial charge on any atom is -0.464 e. The predicted molar refractivity (Wildman–Crippen MR) is 74.0 cm³/mol. The summed E-state index contributed by atoms with van der Waals surface area (Å²) in [6.07, 6.45) is 2.34. The van der Waals surface area contributed by atoms with Crippen LogP contribution in [-0.2, 0) is 6.54 Å². The fourth-order valence-electron chi connectivity index (χ4n) is 2.08. The van der Waals surface area contributed by atoms with Crippen molar-refractivity contribution in [3.63, 3.8) is 0 Å². The molecule has 3 rings (SSSR count). The summed E-state index contributed by atoms with van der Waals surface area (Å²) in [7, 11) is 1.98. The average Bonchev–Trinajstić information content (AvgIpc) is 3.13. The van der Waals surface area contributed by atoms with Crippen LogP contribution in [0.3, 0.4) is 0 Å². The second-order valence-electron chi connectivity index (χ2n) is 5.15. The van der Waals surface area contributed by atoms with Crippen LogP contribution in [0, 0.1) is 6.92 Å². The molecule has 2 aromatic heterocycles. The Hall–Kier alpha value is -2.04. The van der Waals surface area contributed by atoms with Crippen molar-refractivity contribution >= 4 is 11.6 Å². The van der Waals surface area contributed by atoms with Gasteiger partial charge < -0.3 is 15.1 Å². The van der Waals surface area contributed by atoms with Gasteiger partial charge in [0.05, 0.1) is 6.54 Å². The number of furan rings is 1. The quantitative estimate of drug-likeness (QED) is 0.912. The van der Waals surface area contributed by atoms with Crippen LogP contribution >= 0.6 is 0 Å². The minimum absolute atomic E-state index is 0.501. The summed E-state index contributed by atoms with van der Waals surface area (Å²) < 4.78 is 5.58. The van der Waals surface area contributed by atoms with Gasteiger partial charge in [-0.25, -0.2) is 9.97 Å². The Bertz CT molecular complexity index is 589. The second kappa shape index (κ2) is 4.57. The summed E-state index contributed by atoms with van der Waals surface area (Å²) in [5.41, 5.74) is 5.86. The Balaban J connectivity index is 1.80. The topological polar surface area (TPSA) is 68.2 Å². The smallest absolute Gasteiger partial charge is 0.136 e. The van der Waals surface area contributed by atoms with E-state index in [1.165, 1.54) is 12.8 Å². The first-order chi connectivity index (χ1) is 9.11. The first kappa shape index (κ1) is 12.0. The third kappa shape index (κ3) is 2.70. The van der Waals surface area contributed by atoms with E-state index in [1.54, 1.807) is 0 Å². The van der Waals surface area contributed by atoms with Crippen molar-refractivity contribution < 1.29 is 4.42 Å². The molecule has 0 saturated heterocycles. The van der Waals surface area contributed by atoms with Gasteiger partial charge in [0, 0.05) is 19.0 Å². The molecule has 0 radical (unpaired) electrons. The normalized spacial score (nSPS) is 14.6. The van der Waals surface area contributed by atoms with Crippen molar-refractivity contribution in [3.8, 4) is 0 Å². The van der Waals surface area contributed by atoms with E-state index in [-0.39, 0.29) is 0 Å². The molecule has 0 spiro atoms. The fourth-order valence-corrected chi connectivity index (χ4v) is 2.08. The van der Waals surface area contributed by atoms with E-state index < -0.39 is 0 Å². The highest BCUT2D eigenvalue weighted by Crippen LogP contribution is 2.38. The number of rotatable bonds is 4. The fraction of sp³-hybridized carbons (Fsp3) is 0.429. The van der Waals surface area contributed by atoms with Gasteiger partial charge in [-0.1, -0.05) is 0 Å². The molecule has 100 valence electrons. The highest BCUT2D eigenvalue weighted by Gasteiger charge is 2.27. The van der Waals surface area contributed by atoms with E-state index in [0.29, 0.717) is 18.3 Å². The van der Waals surface area contributed by atoms with Crippen molar-refractivity contribution in [2.45, 2.75) is 32.2 Å². The molecule has 0 aromatic carbocycles. The Morgan fingerprint density at radius 3 is 2.79 bits per heavy atom. The second-order valence-corrected chi connectivity index (χ2v) is 5.15. The largest absolute Gasteiger partial charge is 0.464 e. The van der Waals surface area contributed by atoms with Gasteiger partial charge in [-0.3, -0.25) is 0 Å².